The van der Waals surface area contributed by atoms with Crippen LogP contribution in [0.25, 0.3) is 0 Å². The molecule has 25 heavy (non-hydrogen) atoms. The summed E-state index contributed by atoms with van der Waals surface area (Å²) in [5, 5.41) is 12.2. The first-order chi connectivity index (χ1) is 12.1. The van der Waals surface area contributed by atoms with E-state index in [1.807, 2.05) is 5.38 Å². The van der Waals surface area contributed by atoms with Crippen molar-refractivity contribution in [3.63, 3.8) is 0 Å². The second kappa shape index (κ2) is 9.80. The summed E-state index contributed by atoms with van der Waals surface area (Å²) in [6.45, 7) is 0.892. The van der Waals surface area contributed by atoms with Gasteiger partial charge < -0.3 is 16.0 Å². The minimum Gasteiger partial charge on any atom is -0.354 e. The molecule has 0 radical (unpaired) electrons. The van der Waals surface area contributed by atoms with Crippen molar-refractivity contribution in [2.75, 3.05) is 19.6 Å². The van der Waals surface area contributed by atoms with Crippen LogP contribution in [0.2, 0.25) is 5.02 Å². The standard InChI is InChI=1S/C17H18ClN3O3S/c18-14-3-1-12(2-4-14)16(23)21-9-8-19-15(22)5-7-20-17(24)13-6-10-25-11-13/h1-4,6,10-11H,5,7-9H2,(H,19,22)(H,20,24)(H,21,23). The second-order valence-electron chi connectivity index (χ2n) is 5.13. The van der Waals surface area contributed by atoms with Gasteiger partial charge in [0, 0.05) is 47.6 Å². The Bertz CT molecular complexity index is 717. The van der Waals surface area contributed by atoms with Crippen molar-refractivity contribution < 1.29 is 14.4 Å². The molecule has 6 nitrogen and oxygen atoms in total. The van der Waals surface area contributed by atoms with Crippen molar-refractivity contribution in [1.29, 1.82) is 0 Å². The lowest BCUT2D eigenvalue weighted by Crippen LogP contribution is -2.36. The molecule has 0 atom stereocenters. The van der Waals surface area contributed by atoms with Crippen LogP contribution in [0.3, 0.4) is 0 Å². The summed E-state index contributed by atoms with van der Waals surface area (Å²) in [7, 11) is 0. The van der Waals surface area contributed by atoms with Gasteiger partial charge in [-0.2, -0.15) is 11.3 Å². The molecular weight excluding hydrogens is 362 g/mol. The minimum atomic E-state index is -0.228. The van der Waals surface area contributed by atoms with Crippen molar-refractivity contribution >= 4 is 40.7 Å². The fraction of sp³-hybridized carbons (Fsp3) is 0.235. The van der Waals surface area contributed by atoms with Crippen LogP contribution >= 0.6 is 22.9 Å². The molecule has 0 bridgehead atoms. The van der Waals surface area contributed by atoms with Crippen molar-refractivity contribution in [2.45, 2.75) is 6.42 Å². The topological polar surface area (TPSA) is 87.3 Å². The van der Waals surface area contributed by atoms with Gasteiger partial charge in [-0.25, -0.2) is 0 Å². The zero-order valence-electron chi connectivity index (χ0n) is 13.4. The first-order valence-corrected chi connectivity index (χ1v) is 8.99. The SMILES string of the molecule is O=C(CCNC(=O)c1ccsc1)NCCNC(=O)c1ccc(Cl)cc1. The van der Waals surface area contributed by atoms with Crippen LogP contribution in [0.5, 0.6) is 0 Å². The fourth-order valence-corrected chi connectivity index (χ4v) is 2.72. The number of carbonyl (C=O) groups is 3. The number of hydrogen-bond acceptors (Lipinski definition) is 4. The molecule has 0 aliphatic rings. The molecule has 1 heterocycles. The smallest absolute Gasteiger partial charge is 0.252 e. The summed E-state index contributed by atoms with van der Waals surface area (Å²) in [4.78, 5) is 35.2. The van der Waals surface area contributed by atoms with Gasteiger partial charge in [-0.1, -0.05) is 11.6 Å². The first-order valence-electron chi connectivity index (χ1n) is 7.67. The minimum absolute atomic E-state index is 0.182. The van der Waals surface area contributed by atoms with Crippen molar-refractivity contribution in [3.8, 4) is 0 Å². The van der Waals surface area contributed by atoms with Gasteiger partial charge in [0.2, 0.25) is 5.91 Å². The molecule has 2 aromatic rings. The lowest BCUT2D eigenvalue weighted by atomic mass is 10.2. The maximum Gasteiger partial charge on any atom is 0.252 e. The Balaban J connectivity index is 1.57. The maximum absolute atomic E-state index is 11.8. The van der Waals surface area contributed by atoms with Gasteiger partial charge in [-0.15, -0.1) is 0 Å². The van der Waals surface area contributed by atoms with E-state index in [1.54, 1.807) is 35.7 Å². The summed E-state index contributed by atoms with van der Waals surface area (Å²) >= 11 is 7.20. The van der Waals surface area contributed by atoms with E-state index < -0.39 is 0 Å². The maximum atomic E-state index is 11.8. The van der Waals surface area contributed by atoms with Crippen molar-refractivity contribution in [2.24, 2.45) is 0 Å². The molecule has 8 heteroatoms. The van der Waals surface area contributed by atoms with Crippen LogP contribution in [-0.2, 0) is 4.79 Å². The Hall–Kier alpha value is -2.38. The highest BCUT2D eigenvalue weighted by atomic mass is 35.5. The van der Waals surface area contributed by atoms with Gasteiger partial charge >= 0.3 is 0 Å². The van der Waals surface area contributed by atoms with E-state index in [-0.39, 0.29) is 30.7 Å². The molecule has 0 saturated carbocycles. The number of nitrogens with one attached hydrogen (secondary N) is 3. The summed E-state index contributed by atoms with van der Waals surface area (Å²) in [6.07, 6.45) is 0.182. The van der Waals surface area contributed by atoms with Crippen molar-refractivity contribution in [1.82, 2.24) is 16.0 Å². The number of amides is 3. The molecule has 1 aromatic heterocycles. The molecule has 1 aromatic carbocycles. The van der Waals surface area contributed by atoms with E-state index in [0.717, 1.165) is 0 Å². The van der Waals surface area contributed by atoms with Crippen LogP contribution in [0.1, 0.15) is 27.1 Å². The predicted molar refractivity (Wildman–Crippen MR) is 98.1 cm³/mol. The zero-order valence-corrected chi connectivity index (χ0v) is 15.0. The number of rotatable bonds is 8. The molecule has 132 valence electrons. The Morgan fingerprint density at radius 3 is 2.16 bits per heavy atom. The van der Waals surface area contributed by atoms with Gasteiger partial charge in [0.1, 0.15) is 0 Å². The highest BCUT2D eigenvalue weighted by Crippen LogP contribution is 2.09. The quantitative estimate of drug-likeness (QED) is 0.613. The van der Waals surface area contributed by atoms with Gasteiger partial charge in [0.15, 0.2) is 0 Å². The number of benzene rings is 1. The number of carbonyl (C=O) groups excluding carboxylic acids is 3. The van der Waals surface area contributed by atoms with E-state index in [4.69, 9.17) is 11.6 Å². The lowest BCUT2D eigenvalue weighted by molar-refractivity contribution is -0.120. The van der Waals surface area contributed by atoms with E-state index in [9.17, 15) is 14.4 Å². The number of hydrogen-bond donors (Lipinski definition) is 3. The molecule has 0 aliphatic heterocycles. The molecule has 3 amide bonds. The van der Waals surface area contributed by atoms with Crippen LogP contribution in [-0.4, -0.2) is 37.4 Å². The van der Waals surface area contributed by atoms with Crippen LogP contribution in [0, 0.1) is 0 Å². The molecule has 2 rings (SSSR count). The molecule has 0 saturated heterocycles. The van der Waals surface area contributed by atoms with Crippen LogP contribution in [0.15, 0.2) is 41.1 Å². The van der Waals surface area contributed by atoms with Gasteiger partial charge in [-0.05, 0) is 35.7 Å². The Morgan fingerprint density at radius 2 is 1.48 bits per heavy atom. The van der Waals surface area contributed by atoms with Crippen LogP contribution < -0.4 is 16.0 Å². The summed E-state index contributed by atoms with van der Waals surface area (Å²) < 4.78 is 0. The lowest BCUT2D eigenvalue weighted by Gasteiger charge is -2.08. The zero-order chi connectivity index (χ0) is 18.1. The first kappa shape index (κ1) is 19.0. The average Bonchev–Trinajstić information content (AvgIpc) is 3.14. The van der Waals surface area contributed by atoms with Gasteiger partial charge in [0.25, 0.3) is 11.8 Å². The normalized spacial score (nSPS) is 10.1. The molecule has 3 N–H and O–H groups in total. The van der Waals surface area contributed by atoms with Crippen molar-refractivity contribution in [3.05, 3.63) is 57.2 Å². The summed E-state index contributed by atoms with van der Waals surface area (Å²) in [5.41, 5.74) is 1.10. The Labute approximate surface area is 154 Å². The second-order valence-corrected chi connectivity index (χ2v) is 6.35. The third-order valence-corrected chi connectivity index (χ3v) is 4.20. The number of thiophene rings is 1. The third kappa shape index (κ3) is 6.56. The Morgan fingerprint density at radius 1 is 0.840 bits per heavy atom. The largest absolute Gasteiger partial charge is 0.354 e. The molecule has 0 fully saturated rings. The van der Waals surface area contributed by atoms with E-state index in [1.165, 1.54) is 11.3 Å². The number of halogens is 1. The molecule has 0 spiro atoms. The Kier molecular flexibility index (Phi) is 7.43. The predicted octanol–water partition coefficient (Wildman–Crippen LogP) is 2.07. The van der Waals surface area contributed by atoms with Crippen LogP contribution in [0.4, 0.5) is 0 Å². The highest BCUT2D eigenvalue weighted by molar-refractivity contribution is 7.08. The van der Waals surface area contributed by atoms with Gasteiger partial charge in [0.05, 0.1) is 0 Å². The monoisotopic (exact) mass is 379 g/mol. The summed E-state index contributed by atoms with van der Waals surface area (Å²) in [6, 6.07) is 8.27. The van der Waals surface area contributed by atoms with Gasteiger partial charge in [-0.3, -0.25) is 14.4 Å². The average molecular weight is 380 g/mol. The molecule has 0 unspecified atom stereocenters. The summed E-state index contributed by atoms with van der Waals surface area (Å²) in [5.74, 6) is -0.607. The fourth-order valence-electron chi connectivity index (χ4n) is 1.95. The molecule has 0 aliphatic carbocycles. The highest BCUT2D eigenvalue weighted by Gasteiger charge is 2.07. The third-order valence-electron chi connectivity index (χ3n) is 3.26. The molecular formula is C17H18ClN3O3S. The van der Waals surface area contributed by atoms with E-state index in [2.05, 4.69) is 16.0 Å². The van der Waals surface area contributed by atoms with E-state index >= 15 is 0 Å². The van der Waals surface area contributed by atoms with E-state index in [0.29, 0.717) is 29.2 Å².